The van der Waals surface area contributed by atoms with Gasteiger partial charge in [-0.2, -0.15) is 0 Å². The number of carbonyl (C=O) groups excluding carboxylic acids is 1. The number of nitrogens with zero attached hydrogens (tertiary/aromatic N) is 2. The van der Waals surface area contributed by atoms with Gasteiger partial charge in [-0.05, 0) is 11.1 Å². The van der Waals surface area contributed by atoms with Gasteiger partial charge in [0.05, 0.1) is 11.8 Å². The first-order valence-corrected chi connectivity index (χ1v) is 10.3. The van der Waals surface area contributed by atoms with Crippen molar-refractivity contribution in [1.82, 2.24) is 9.80 Å². The van der Waals surface area contributed by atoms with E-state index in [1.807, 2.05) is 11.0 Å². The Hall–Kier alpha value is -2.04. The van der Waals surface area contributed by atoms with Crippen molar-refractivity contribution in [2.45, 2.75) is 6.04 Å². The van der Waals surface area contributed by atoms with Gasteiger partial charge in [-0.25, -0.2) is 0 Å². The van der Waals surface area contributed by atoms with Crippen LogP contribution in [0.1, 0.15) is 17.2 Å². The Bertz CT molecular complexity index is 657. The zero-order chi connectivity index (χ0) is 18.2. The molecule has 1 heterocycles. The molecule has 0 saturated carbocycles. The Morgan fingerprint density at radius 1 is 0.962 bits per heavy atom. The van der Waals surface area contributed by atoms with E-state index in [0.29, 0.717) is 5.75 Å². The lowest BCUT2D eigenvalue weighted by atomic mass is 9.96. The second-order valence-corrected chi connectivity index (χ2v) is 7.47. The molecule has 0 radical (unpaired) electrons. The van der Waals surface area contributed by atoms with Gasteiger partial charge in [0, 0.05) is 31.9 Å². The molecule has 0 aliphatic carbocycles. The molecule has 0 aromatic heterocycles. The third-order valence-corrected chi connectivity index (χ3v) is 5.65. The highest BCUT2D eigenvalue weighted by molar-refractivity contribution is 8.00. The fourth-order valence-electron chi connectivity index (χ4n) is 3.44. The van der Waals surface area contributed by atoms with Crippen molar-refractivity contribution in [2.24, 2.45) is 0 Å². The van der Waals surface area contributed by atoms with Gasteiger partial charge in [0.15, 0.2) is 0 Å². The molecular formula is C22H26N2OS. The van der Waals surface area contributed by atoms with Crippen molar-refractivity contribution >= 4 is 17.7 Å². The van der Waals surface area contributed by atoms with Crippen LogP contribution in [-0.2, 0) is 4.79 Å². The van der Waals surface area contributed by atoms with Gasteiger partial charge in [0.1, 0.15) is 0 Å². The monoisotopic (exact) mass is 366 g/mol. The Labute approximate surface area is 160 Å². The summed E-state index contributed by atoms with van der Waals surface area (Å²) in [4.78, 5) is 16.8. The van der Waals surface area contributed by atoms with Crippen LogP contribution >= 0.6 is 11.8 Å². The minimum atomic E-state index is 0.241. The van der Waals surface area contributed by atoms with Crippen LogP contribution in [0.25, 0.3) is 0 Å². The predicted octanol–water partition coefficient (Wildman–Crippen LogP) is 3.84. The molecule has 2 aromatic rings. The number of carbonyl (C=O) groups is 1. The average molecular weight is 367 g/mol. The highest BCUT2D eigenvalue weighted by Gasteiger charge is 2.27. The first-order valence-electron chi connectivity index (χ1n) is 9.10. The van der Waals surface area contributed by atoms with Crippen LogP contribution in [-0.4, -0.2) is 53.4 Å². The summed E-state index contributed by atoms with van der Waals surface area (Å²) >= 11 is 1.63. The first kappa shape index (κ1) is 18.7. The number of benzene rings is 2. The molecule has 3 nitrogen and oxygen atoms in total. The van der Waals surface area contributed by atoms with Crippen LogP contribution in [0.4, 0.5) is 0 Å². The van der Waals surface area contributed by atoms with Gasteiger partial charge in [-0.15, -0.1) is 18.3 Å². The minimum absolute atomic E-state index is 0.241. The third-order valence-electron chi connectivity index (χ3n) is 4.72. The van der Waals surface area contributed by atoms with Crippen molar-refractivity contribution in [1.29, 1.82) is 0 Å². The Kier molecular flexibility index (Phi) is 6.92. The van der Waals surface area contributed by atoms with Gasteiger partial charge in [-0.1, -0.05) is 66.7 Å². The van der Waals surface area contributed by atoms with Gasteiger partial charge in [-0.3, -0.25) is 9.69 Å². The van der Waals surface area contributed by atoms with E-state index in [2.05, 4.69) is 72.1 Å². The van der Waals surface area contributed by atoms with Crippen molar-refractivity contribution < 1.29 is 4.79 Å². The lowest BCUT2D eigenvalue weighted by Crippen LogP contribution is -2.50. The maximum absolute atomic E-state index is 12.3. The van der Waals surface area contributed by atoms with Crippen LogP contribution in [0.15, 0.2) is 73.3 Å². The summed E-state index contributed by atoms with van der Waals surface area (Å²) in [5, 5.41) is 0. The molecule has 4 heteroatoms. The molecular weight excluding hydrogens is 340 g/mol. The summed E-state index contributed by atoms with van der Waals surface area (Å²) in [6.45, 7) is 7.09. The fourth-order valence-corrected chi connectivity index (χ4v) is 4.08. The number of amides is 1. The van der Waals surface area contributed by atoms with Crippen molar-refractivity contribution in [3.05, 3.63) is 84.4 Å². The number of piperazine rings is 1. The molecule has 1 saturated heterocycles. The van der Waals surface area contributed by atoms with E-state index in [0.717, 1.165) is 31.9 Å². The number of hydrogen-bond donors (Lipinski definition) is 0. The summed E-state index contributed by atoms with van der Waals surface area (Å²) in [7, 11) is 0. The van der Waals surface area contributed by atoms with Crippen molar-refractivity contribution in [3.8, 4) is 0 Å². The van der Waals surface area contributed by atoms with E-state index in [1.54, 1.807) is 11.8 Å². The van der Waals surface area contributed by atoms with E-state index in [-0.39, 0.29) is 11.9 Å². The largest absolute Gasteiger partial charge is 0.339 e. The average Bonchev–Trinajstić information content (AvgIpc) is 2.70. The summed E-state index contributed by atoms with van der Waals surface area (Å²) < 4.78 is 0. The second kappa shape index (κ2) is 9.60. The van der Waals surface area contributed by atoms with Crippen LogP contribution in [0, 0.1) is 0 Å². The topological polar surface area (TPSA) is 23.6 Å². The Morgan fingerprint density at radius 2 is 1.50 bits per heavy atom. The highest BCUT2D eigenvalue weighted by atomic mass is 32.2. The Balaban J connectivity index is 1.68. The normalized spacial score (nSPS) is 15.2. The van der Waals surface area contributed by atoms with Gasteiger partial charge >= 0.3 is 0 Å². The molecule has 1 aliphatic rings. The zero-order valence-electron chi connectivity index (χ0n) is 15.1. The maximum atomic E-state index is 12.3. The molecule has 2 aromatic carbocycles. The third kappa shape index (κ3) is 4.77. The molecule has 1 aliphatic heterocycles. The smallest absolute Gasteiger partial charge is 0.232 e. The predicted molar refractivity (Wildman–Crippen MR) is 110 cm³/mol. The second-order valence-electron chi connectivity index (χ2n) is 6.44. The molecule has 0 N–H and O–H groups in total. The lowest BCUT2D eigenvalue weighted by molar-refractivity contribution is -0.130. The molecule has 0 unspecified atom stereocenters. The van der Waals surface area contributed by atoms with E-state index in [4.69, 9.17) is 0 Å². The highest BCUT2D eigenvalue weighted by Crippen LogP contribution is 2.29. The molecule has 26 heavy (non-hydrogen) atoms. The summed E-state index contributed by atoms with van der Waals surface area (Å²) in [5.74, 6) is 1.62. The number of thioether (sulfide) groups is 1. The van der Waals surface area contributed by atoms with E-state index in [9.17, 15) is 4.79 Å². The van der Waals surface area contributed by atoms with Crippen LogP contribution in [0.2, 0.25) is 0 Å². The summed E-state index contributed by atoms with van der Waals surface area (Å²) in [6.07, 6.45) is 1.85. The summed E-state index contributed by atoms with van der Waals surface area (Å²) in [5.41, 5.74) is 2.61. The van der Waals surface area contributed by atoms with Crippen LogP contribution in [0.3, 0.4) is 0 Å². The Morgan fingerprint density at radius 3 is 2.00 bits per heavy atom. The fraction of sp³-hybridized carbons (Fsp3) is 0.318. The summed E-state index contributed by atoms with van der Waals surface area (Å²) in [6, 6.07) is 21.5. The zero-order valence-corrected chi connectivity index (χ0v) is 15.9. The molecule has 0 spiro atoms. The van der Waals surface area contributed by atoms with E-state index < -0.39 is 0 Å². The van der Waals surface area contributed by atoms with E-state index >= 15 is 0 Å². The van der Waals surface area contributed by atoms with Crippen LogP contribution < -0.4 is 0 Å². The molecule has 136 valence electrons. The molecule has 1 amide bonds. The molecule has 0 bridgehead atoms. The van der Waals surface area contributed by atoms with Crippen LogP contribution in [0.5, 0.6) is 0 Å². The van der Waals surface area contributed by atoms with E-state index in [1.165, 1.54) is 11.1 Å². The standard InChI is InChI=1S/C22H26N2OS/c1-2-17-26-18-21(25)23-13-15-24(16-14-23)22(19-9-5-3-6-10-19)20-11-7-4-8-12-20/h2-12,22H,1,13-18H2. The van der Waals surface area contributed by atoms with Crippen molar-refractivity contribution in [2.75, 3.05) is 37.7 Å². The lowest BCUT2D eigenvalue weighted by Gasteiger charge is -2.39. The molecule has 3 rings (SSSR count). The van der Waals surface area contributed by atoms with Gasteiger partial charge < -0.3 is 4.90 Å². The molecule has 1 fully saturated rings. The number of hydrogen-bond acceptors (Lipinski definition) is 3. The number of rotatable bonds is 7. The maximum Gasteiger partial charge on any atom is 0.232 e. The van der Waals surface area contributed by atoms with Gasteiger partial charge in [0.25, 0.3) is 0 Å². The van der Waals surface area contributed by atoms with Gasteiger partial charge in [0.2, 0.25) is 5.91 Å². The molecule has 0 atom stereocenters. The van der Waals surface area contributed by atoms with Crippen molar-refractivity contribution in [3.63, 3.8) is 0 Å². The SMILES string of the molecule is C=CCSCC(=O)N1CCN(C(c2ccccc2)c2ccccc2)CC1. The first-order chi connectivity index (χ1) is 12.8. The minimum Gasteiger partial charge on any atom is -0.339 e. The quantitative estimate of drug-likeness (QED) is 0.549.